The number of aliphatic hydroxyl groups is 1. The lowest BCUT2D eigenvalue weighted by Crippen LogP contribution is -1.98. The molecule has 1 atom stereocenters. The number of benzene rings is 1. The molecule has 0 bridgehead atoms. The predicted octanol–water partition coefficient (Wildman–Crippen LogP) is 2.78. The molecule has 0 aliphatic carbocycles. The van der Waals surface area contributed by atoms with E-state index in [1.807, 2.05) is 24.3 Å². The molecule has 0 saturated heterocycles. The summed E-state index contributed by atoms with van der Waals surface area (Å²) >= 11 is 0. The van der Waals surface area contributed by atoms with E-state index < -0.39 is 6.10 Å². The van der Waals surface area contributed by atoms with E-state index in [9.17, 15) is 5.11 Å². The van der Waals surface area contributed by atoms with Crippen LogP contribution in [-0.2, 0) is 0 Å². The van der Waals surface area contributed by atoms with E-state index in [1.165, 1.54) is 0 Å². The molecule has 1 aromatic heterocycles. The molecule has 1 unspecified atom stereocenters. The van der Waals surface area contributed by atoms with Gasteiger partial charge in [0.25, 0.3) is 0 Å². The van der Waals surface area contributed by atoms with Crippen molar-refractivity contribution in [1.82, 2.24) is 0 Å². The third-order valence-corrected chi connectivity index (χ3v) is 2.09. The smallest absolute Gasteiger partial charge is 0.134 e. The van der Waals surface area contributed by atoms with Crippen molar-refractivity contribution in [3.05, 3.63) is 46.5 Å². The highest BCUT2D eigenvalue weighted by molar-refractivity contribution is 5.77. The number of aliphatic hydroxyl groups excluding tert-OH is 1. The van der Waals surface area contributed by atoms with Crippen LogP contribution < -0.4 is 0 Å². The second-order valence-electron chi connectivity index (χ2n) is 3.12. The van der Waals surface area contributed by atoms with Crippen LogP contribution in [0.4, 0.5) is 0 Å². The molecule has 15 heavy (non-hydrogen) atoms. The zero-order valence-corrected chi connectivity index (χ0v) is 7.87. The lowest BCUT2D eigenvalue weighted by molar-refractivity contribution is 0.160. The number of azide groups is 1. The van der Waals surface area contributed by atoms with Crippen molar-refractivity contribution in [3.8, 4) is 0 Å². The molecule has 1 aromatic carbocycles. The number of hydrogen-bond donors (Lipinski definition) is 1. The fourth-order valence-corrected chi connectivity index (χ4v) is 1.37. The molecule has 2 aromatic rings. The van der Waals surface area contributed by atoms with Gasteiger partial charge in [-0.05, 0) is 17.7 Å². The van der Waals surface area contributed by atoms with Crippen molar-refractivity contribution in [2.45, 2.75) is 6.10 Å². The molecule has 1 heterocycles. The van der Waals surface area contributed by atoms with Gasteiger partial charge in [-0.25, -0.2) is 0 Å². The molecule has 2 rings (SSSR count). The topological polar surface area (TPSA) is 82.1 Å². The monoisotopic (exact) mass is 203 g/mol. The second kappa shape index (κ2) is 4.04. The Balaban J connectivity index is 2.31. The van der Waals surface area contributed by atoms with E-state index in [0.29, 0.717) is 11.3 Å². The fraction of sp³-hybridized carbons (Fsp3) is 0.200. The van der Waals surface area contributed by atoms with Crippen LogP contribution in [0.15, 0.2) is 39.9 Å². The summed E-state index contributed by atoms with van der Waals surface area (Å²) in [6, 6.07) is 9.20. The van der Waals surface area contributed by atoms with Gasteiger partial charge in [-0.2, -0.15) is 0 Å². The van der Waals surface area contributed by atoms with Crippen LogP contribution in [0, 0.1) is 0 Å². The van der Waals surface area contributed by atoms with Gasteiger partial charge in [-0.3, -0.25) is 0 Å². The molecule has 0 saturated carbocycles. The zero-order chi connectivity index (χ0) is 10.7. The summed E-state index contributed by atoms with van der Waals surface area (Å²) in [4.78, 5) is 2.58. The minimum Gasteiger partial charge on any atom is -0.458 e. The van der Waals surface area contributed by atoms with Gasteiger partial charge in [0.2, 0.25) is 0 Å². The first-order chi connectivity index (χ1) is 7.31. The molecule has 0 aliphatic rings. The average molecular weight is 203 g/mol. The van der Waals surface area contributed by atoms with Crippen LogP contribution in [0.25, 0.3) is 21.4 Å². The van der Waals surface area contributed by atoms with E-state index in [2.05, 4.69) is 10.0 Å². The van der Waals surface area contributed by atoms with Crippen molar-refractivity contribution in [1.29, 1.82) is 0 Å². The third-order valence-electron chi connectivity index (χ3n) is 2.09. The first kappa shape index (κ1) is 9.58. The maximum absolute atomic E-state index is 9.59. The van der Waals surface area contributed by atoms with Crippen LogP contribution in [0.1, 0.15) is 11.9 Å². The van der Waals surface area contributed by atoms with Gasteiger partial charge in [-0.15, -0.1) is 0 Å². The zero-order valence-electron chi connectivity index (χ0n) is 7.87. The van der Waals surface area contributed by atoms with Crippen LogP contribution in [0.5, 0.6) is 0 Å². The quantitative estimate of drug-likeness (QED) is 0.472. The molecule has 0 spiro atoms. The molecule has 0 amide bonds. The molecule has 5 heteroatoms. The summed E-state index contributed by atoms with van der Waals surface area (Å²) in [5.74, 6) is 0.420. The van der Waals surface area contributed by atoms with Gasteiger partial charge in [0.05, 0.1) is 6.54 Å². The molecule has 0 radical (unpaired) electrons. The summed E-state index contributed by atoms with van der Waals surface area (Å²) in [6.07, 6.45) is -0.881. The molecule has 76 valence electrons. The van der Waals surface area contributed by atoms with E-state index in [0.717, 1.165) is 5.39 Å². The van der Waals surface area contributed by atoms with Crippen molar-refractivity contribution < 1.29 is 9.52 Å². The molecule has 0 fully saturated rings. The summed E-state index contributed by atoms with van der Waals surface area (Å²) in [7, 11) is 0. The highest BCUT2D eigenvalue weighted by atomic mass is 16.4. The molecular weight excluding hydrogens is 194 g/mol. The molecule has 1 N–H and O–H groups in total. The van der Waals surface area contributed by atoms with Gasteiger partial charge < -0.3 is 9.52 Å². The summed E-state index contributed by atoms with van der Waals surface area (Å²) in [5, 5.41) is 13.8. The predicted molar refractivity (Wildman–Crippen MR) is 55.2 cm³/mol. The van der Waals surface area contributed by atoms with Crippen LogP contribution in [0.3, 0.4) is 0 Å². The largest absolute Gasteiger partial charge is 0.458 e. The molecular formula is C10H9N3O2. The van der Waals surface area contributed by atoms with E-state index >= 15 is 0 Å². The number of furan rings is 1. The Kier molecular flexibility index (Phi) is 2.58. The Morgan fingerprint density at radius 1 is 1.47 bits per heavy atom. The van der Waals surface area contributed by atoms with Gasteiger partial charge in [0, 0.05) is 10.3 Å². The van der Waals surface area contributed by atoms with Gasteiger partial charge in [0.1, 0.15) is 17.4 Å². The Labute approximate surface area is 85.6 Å². The van der Waals surface area contributed by atoms with Gasteiger partial charge in [0.15, 0.2) is 0 Å². The average Bonchev–Trinajstić information content (AvgIpc) is 2.69. The number of para-hydroxylation sites is 1. The Morgan fingerprint density at radius 2 is 2.27 bits per heavy atom. The van der Waals surface area contributed by atoms with Crippen LogP contribution in [-0.4, -0.2) is 11.7 Å². The van der Waals surface area contributed by atoms with E-state index in [1.54, 1.807) is 6.07 Å². The van der Waals surface area contributed by atoms with Crippen molar-refractivity contribution in [3.63, 3.8) is 0 Å². The highest BCUT2D eigenvalue weighted by Crippen LogP contribution is 2.23. The first-order valence-electron chi connectivity index (χ1n) is 4.48. The maximum Gasteiger partial charge on any atom is 0.134 e. The maximum atomic E-state index is 9.59. The van der Waals surface area contributed by atoms with Crippen LogP contribution >= 0.6 is 0 Å². The van der Waals surface area contributed by atoms with Crippen LogP contribution in [0.2, 0.25) is 0 Å². The highest BCUT2D eigenvalue weighted by Gasteiger charge is 2.11. The molecule has 0 aliphatic heterocycles. The Hall–Kier alpha value is -1.97. The van der Waals surface area contributed by atoms with Gasteiger partial charge in [-0.1, -0.05) is 23.3 Å². The van der Waals surface area contributed by atoms with Crippen molar-refractivity contribution >= 4 is 11.0 Å². The first-order valence-corrected chi connectivity index (χ1v) is 4.48. The number of rotatable bonds is 3. The van der Waals surface area contributed by atoms with Crippen molar-refractivity contribution in [2.24, 2.45) is 5.11 Å². The minimum atomic E-state index is -0.881. The normalized spacial score (nSPS) is 12.3. The second-order valence-corrected chi connectivity index (χ2v) is 3.12. The third kappa shape index (κ3) is 1.93. The van der Waals surface area contributed by atoms with Crippen molar-refractivity contribution in [2.75, 3.05) is 6.54 Å². The number of nitrogens with zero attached hydrogens (tertiary/aromatic N) is 3. The Morgan fingerprint density at radius 3 is 3.00 bits per heavy atom. The van der Waals surface area contributed by atoms with Gasteiger partial charge >= 0.3 is 0 Å². The Bertz CT molecular complexity index is 481. The SMILES string of the molecule is [N-]=[N+]=NCC(O)c1cc2ccccc2o1. The standard InChI is InChI=1S/C10H9N3O2/c11-13-12-6-8(14)10-5-7-3-1-2-4-9(7)15-10/h1-5,8,14H,6H2. The summed E-state index contributed by atoms with van der Waals surface area (Å²) in [5.41, 5.74) is 8.83. The van der Waals surface area contributed by atoms with E-state index in [4.69, 9.17) is 9.95 Å². The fourth-order valence-electron chi connectivity index (χ4n) is 1.37. The lowest BCUT2D eigenvalue weighted by atomic mass is 10.2. The number of hydrogen-bond acceptors (Lipinski definition) is 3. The minimum absolute atomic E-state index is 0.0175. The summed E-state index contributed by atoms with van der Waals surface area (Å²) < 4.78 is 5.39. The molecule has 5 nitrogen and oxygen atoms in total. The van der Waals surface area contributed by atoms with E-state index in [-0.39, 0.29) is 6.54 Å². The number of fused-ring (bicyclic) bond motifs is 1. The summed E-state index contributed by atoms with van der Waals surface area (Å²) in [6.45, 7) is -0.0175. The lowest BCUT2D eigenvalue weighted by Gasteiger charge is -2.00.